The maximum Gasteiger partial charge on any atom is 0.358 e. The second kappa shape index (κ2) is 6.69. The summed E-state index contributed by atoms with van der Waals surface area (Å²) in [4.78, 5) is 27.5. The molecule has 0 aliphatic rings. The van der Waals surface area contributed by atoms with Crippen LogP contribution in [0.25, 0.3) is 0 Å². The standard InChI is InChI=1S/C14H13ClN2O3S/c1-8(18)12-11(13(19)20-2)17-14(21-12)16-7-9-4-3-5-10(15)6-9/h3-6H,7H2,1-2H3,(H,16,17). The highest BCUT2D eigenvalue weighted by Gasteiger charge is 2.21. The maximum atomic E-state index is 11.6. The van der Waals surface area contributed by atoms with E-state index in [-0.39, 0.29) is 16.4 Å². The molecule has 0 amide bonds. The molecule has 1 N–H and O–H groups in total. The van der Waals surface area contributed by atoms with Crippen molar-refractivity contribution in [3.63, 3.8) is 0 Å². The van der Waals surface area contributed by atoms with Crippen LogP contribution in [0.4, 0.5) is 5.13 Å². The zero-order valence-corrected chi connectivity index (χ0v) is 13.0. The average molecular weight is 325 g/mol. The van der Waals surface area contributed by atoms with Gasteiger partial charge in [0.15, 0.2) is 16.6 Å². The Hall–Kier alpha value is -1.92. The molecule has 1 aromatic heterocycles. The Bertz CT molecular complexity index is 685. The number of methoxy groups -OCH3 is 1. The fourth-order valence-corrected chi connectivity index (χ4v) is 2.75. The van der Waals surface area contributed by atoms with Crippen LogP contribution in [0, 0.1) is 0 Å². The summed E-state index contributed by atoms with van der Waals surface area (Å²) in [5.41, 5.74) is 1.02. The zero-order valence-electron chi connectivity index (χ0n) is 11.5. The number of aromatic nitrogens is 1. The van der Waals surface area contributed by atoms with Gasteiger partial charge in [0, 0.05) is 18.5 Å². The molecule has 0 bridgehead atoms. The van der Waals surface area contributed by atoms with E-state index in [4.69, 9.17) is 11.6 Å². The van der Waals surface area contributed by atoms with Gasteiger partial charge >= 0.3 is 5.97 Å². The van der Waals surface area contributed by atoms with Crippen molar-refractivity contribution >= 4 is 39.8 Å². The lowest BCUT2D eigenvalue weighted by atomic mass is 10.2. The monoisotopic (exact) mass is 324 g/mol. The molecule has 0 saturated heterocycles. The summed E-state index contributed by atoms with van der Waals surface area (Å²) in [6.07, 6.45) is 0. The van der Waals surface area contributed by atoms with Crippen molar-refractivity contribution in [2.75, 3.05) is 12.4 Å². The van der Waals surface area contributed by atoms with Gasteiger partial charge in [-0.1, -0.05) is 35.1 Å². The van der Waals surface area contributed by atoms with Crippen molar-refractivity contribution in [3.8, 4) is 0 Å². The van der Waals surface area contributed by atoms with Gasteiger partial charge in [-0.15, -0.1) is 0 Å². The third kappa shape index (κ3) is 3.80. The number of rotatable bonds is 5. The summed E-state index contributed by atoms with van der Waals surface area (Å²) in [6, 6.07) is 7.38. The number of hydrogen-bond donors (Lipinski definition) is 1. The van der Waals surface area contributed by atoms with Crippen molar-refractivity contribution in [3.05, 3.63) is 45.4 Å². The maximum absolute atomic E-state index is 11.6. The van der Waals surface area contributed by atoms with Gasteiger partial charge in [-0.3, -0.25) is 4.79 Å². The number of anilines is 1. The van der Waals surface area contributed by atoms with Gasteiger partial charge in [0.05, 0.1) is 7.11 Å². The summed E-state index contributed by atoms with van der Waals surface area (Å²) < 4.78 is 4.63. The first kappa shape index (κ1) is 15.5. The fraction of sp³-hybridized carbons (Fsp3) is 0.214. The van der Waals surface area contributed by atoms with Crippen LogP contribution in [0.3, 0.4) is 0 Å². The van der Waals surface area contributed by atoms with E-state index in [1.807, 2.05) is 18.2 Å². The van der Waals surface area contributed by atoms with Crippen LogP contribution in [0.5, 0.6) is 0 Å². The second-order valence-corrected chi connectivity index (χ2v) is 5.66. The highest BCUT2D eigenvalue weighted by atomic mass is 35.5. The molecule has 0 aliphatic carbocycles. The van der Waals surface area contributed by atoms with E-state index >= 15 is 0 Å². The Morgan fingerprint density at radius 1 is 1.43 bits per heavy atom. The summed E-state index contributed by atoms with van der Waals surface area (Å²) in [6.45, 7) is 1.88. The minimum absolute atomic E-state index is 0.0450. The molecule has 0 saturated carbocycles. The molecule has 21 heavy (non-hydrogen) atoms. The molecule has 0 atom stereocenters. The van der Waals surface area contributed by atoms with Crippen molar-refractivity contribution < 1.29 is 14.3 Å². The molecule has 1 heterocycles. The summed E-state index contributed by atoms with van der Waals surface area (Å²) in [5.74, 6) is -0.837. The van der Waals surface area contributed by atoms with E-state index in [9.17, 15) is 9.59 Å². The van der Waals surface area contributed by atoms with Gasteiger partial charge in [0.1, 0.15) is 4.88 Å². The van der Waals surface area contributed by atoms with Crippen LogP contribution in [-0.2, 0) is 11.3 Å². The Labute approximate surface area is 130 Å². The minimum atomic E-state index is -0.618. The highest BCUT2D eigenvalue weighted by molar-refractivity contribution is 7.17. The minimum Gasteiger partial charge on any atom is -0.464 e. The highest BCUT2D eigenvalue weighted by Crippen LogP contribution is 2.25. The first-order valence-electron chi connectivity index (χ1n) is 6.09. The number of esters is 1. The van der Waals surface area contributed by atoms with Crippen LogP contribution < -0.4 is 5.32 Å². The summed E-state index contributed by atoms with van der Waals surface area (Å²) in [5, 5.41) is 4.20. The third-order valence-corrected chi connectivity index (χ3v) is 4.01. The van der Waals surface area contributed by atoms with Crippen molar-refractivity contribution in [2.45, 2.75) is 13.5 Å². The molecule has 5 nitrogen and oxygen atoms in total. The average Bonchev–Trinajstić information content (AvgIpc) is 2.89. The van der Waals surface area contributed by atoms with Crippen LogP contribution in [0.2, 0.25) is 5.02 Å². The molecule has 2 rings (SSSR count). The molecule has 0 fully saturated rings. The first-order chi connectivity index (χ1) is 10.0. The van der Waals surface area contributed by atoms with Crippen LogP contribution in [0.1, 0.15) is 32.6 Å². The van der Waals surface area contributed by atoms with E-state index in [0.717, 1.165) is 16.9 Å². The molecular formula is C14H13ClN2O3S. The Balaban J connectivity index is 2.17. The Kier molecular flexibility index (Phi) is 4.93. The zero-order chi connectivity index (χ0) is 15.4. The number of benzene rings is 1. The number of carbonyl (C=O) groups is 2. The lowest BCUT2D eigenvalue weighted by molar-refractivity contribution is 0.0591. The smallest absolute Gasteiger partial charge is 0.358 e. The number of nitrogens with one attached hydrogen (secondary N) is 1. The molecule has 0 radical (unpaired) electrons. The molecule has 7 heteroatoms. The lowest BCUT2D eigenvalue weighted by Crippen LogP contribution is -2.07. The van der Waals surface area contributed by atoms with Crippen LogP contribution in [-0.4, -0.2) is 23.8 Å². The van der Waals surface area contributed by atoms with Crippen LogP contribution >= 0.6 is 22.9 Å². The molecule has 0 spiro atoms. The van der Waals surface area contributed by atoms with Crippen molar-refractivity contribution in [1.82, 2.24) is 4.98 Å². The van der Waals surface area contributed by atoms with Gasteiger partial charge in [-0.05, 0) is 17.7 Å². The number of ketones is 1. The first-order valence-corrected chi connectivity index (χ1v) is 7.29. The van der Waals surface area contributed by atoms with Gasteiger partial charge in [0.25, 0.3) is 0 Å². The summed E-state index contributed by atoms with van der Waals surface area (Å²) >= 11 is 7.04. The number of carbonyl (C=O) groups excluding carboxylic acids is 2. The van der Waals surface area contributed by atoms with E-state index < -0.39 is 5.97 Å². The van der Waals surface area contributed by atoms with Gasteiger partial charge in [-0.25, -0.2) is 9.78 Å². The molecule has 0 unspecified atom stereocenters. The van der Waals surface area contributed by atoms with Crippen molar-refractivity contribution in [2.24, 2.45) is 0 Å². The normalized spacial score (nSPS) is 10.2. The third-order valence-electron chi connectivity index (χ3n) is 2.66. The second-order valence-electron chi connectivity index (χ2n) is 4.23. The number of Topliss-reactive ketones (excluding diaryl/α,β-unsaturated/α-hetero) is 1. The van der Waals surface area contributed by atoms with E-state index in [2.05, 4.69) is 15.0 Å². The predicted octanol–water partition coefficient (Wildman–Crippen LogP) is 3.40. The van der Waals surface area contributed by atoms with E-state index in [1.165, 1.54) is 14.0 Å². The number of thiazole rings is 1. The molecular weight excluding hydrogens is 312 g/mol. The molecule has 110 valence electrons. The number of halogens is 1. The Morgan fingerprint density at radius 3 is 2.81 bits per heavy atom. The fourth-order valence-electron chi connectivity index (χ4n) is 1.69. The van der Waals surface area contributed by atoms with Crippen LogP contribution in [0.15, 0.2) is 24.3 Å². The van der Waals surface area contributed by atoms with E-state index in [0.29, 0.717) is 16.7 Å². The SMILES string of the molecule is COC(=O)c1nc(NCc2cccc(Cl)c2)sc1C(C)=O. The van der Waals surface area contributed by atoms with E-state index in [1.54, 1.807) is 6.07 Å². The van der Waals surface area contributed by atoms with Gasteiger partial charge in [-0.2, -0.15) is 0 Å². The number of ether oxygens (including phenoxy) is 1. The lowest BCUT2D eigenvalue weighted by Gasteiger charge is -2.02. The molecule has 2 aromatic rings. The molecule has 0 aliphatic heterocycles. The molecule has 1 aromatic carbocycles. The predicted molar refractivity (Wildman–Crippen MR) is 82.2 cm³/mol. The topological polar surface area (TPSA) is 68.3 Å². The van der Waals surface area contributed by atoms with Gasteiger partial charge in [0.2, 0.25) is 0 Å². The number of nitrogens with zero attached hydrogens (tertiary/aromatic N) is 1. The number of hydrogen-bond acceptors (Lipinski definition) is 6. The quantitative estimate of drug-likeness (QED) is 0.674. The van der Waals surface area contributed by atoms with Crippen molar-refractivity contribution in [1.29, 1.82) is 0 Å². The Morgan fingerprint density at radius 2 is 2.19 bits per heavy atom. The largest absolute Gasteiger partial charge is 0.464 e. The van der Waals surface area contributed by atoms with Gasteiger partial charge < -0.3 is 10.1 Å². The summed E-state index contributed by atoms with van der Waals surface area (Å²) in [7, 11) is 1.25.